The topological polar surface area (TPSA) is 40.6 Å². The van der Waals surface area contributed by atoms with E-state index < -0.39 is 0 Å². The predicted octanol–water partition coefficient (Wildman–Crippen LogP) is 2.14. The van der Waals surface area contributed by atoms with Crippen molar-refractivity contribution in [2.45, 2.75) is 47.5 Å². The van der Waals surface area contributed by atoms with Gasteiger partial charge in [-0.2, -0.15) is 0 Å². The number of nitrogens with zero attached hydrogens (tertiary/aromatic N) is 2. The molecular formula is C13H28N2O2. The molecule has 1 rings (SSSR count). The summed E-state index contributed by atoms with van der Waals surface area (Å²) in [5.74, 6) is -0.718. The maximum Gasteiger partial charge on any atom is 0.312 e. The summed E-state index contributed by atoms with van der Waals surface area (Å²) in [4.78, 5) is 25.7. The summed E-state index contributed by atoms with van der Waals surface area (Å²) >= 11 is 0. The predicted molar refractivity (Wildman–Crippen MR) is 71.8 cm³/mol. The van der Waals surface area contributed by atoms with Crippen LogP contribution in [0.3, 0.4) is 0 Å². The number of hydrogen-bond acceptors (Lipinski definition) is 2. The Kier molecular flexibility index (Phi) is 12.3. The van der Waals surface area contributed by atoms with E-state index in [0.29, 0.717) is 13.1 Å². The van der Waals surface area contributed by atoms with E-state index >= 15 is 0 Å². The molecule has 4 nitrogen and oxygen atoms in total. The van der Waals surface area contributed by atoms with Crippen molar-refractivity contribution >= 4 is 11.8 Å². The van der Waals surface area contributed by atoms with E-state index in [-0.39, 0.29) is 11.8 Å². The third kappa shape index (κ3) is 6.29. The molecule has 0 bridgehead atoms. The Hall–Kier alpha value is -1.06. The van der Waals surface area contributed by atoms with Crippen molar-refractivity contribution in [1.29, 1.82) is 0 Å². The van der Waals surface area contributed by atoms with Crippen LogP contribution < -0.4 is 0 Å². The zero-order valence-electron chi connectivity index (χ0n) is 12.2. The van der Waals surface area contributed by atoms with Gasteiger partial charge in [0.15, 0.2) is 0 Å². The van der Waals surface area contributed by atoms with Gasteiger partial charge in [-0.05, 0) is 6.42 Å². The van der Waals surface area contributed by atoms with Crippen molar-refractivity contribution in [3.8, 4) is 0 Å². The zero-order valence-corrected chi connectivity index (χ0v) is 12.2. The van der Waals surface area contributed by atoms with E-state index in [9.17, 15) is 9.59 Å². The summed E-state index contributed by atoms with van der Waals surface area (Å²) in [6.07, 6.45) is 2.02. The van der Waals surface area contributed by atoms with Crippen LogP contribution in [0.5, 0.6) is 0 Å². The molecule has 1 fully saturated rings. The van der Waals surface area contributed by atoms with Crippen LogP contribution in [0.4, 0.5) is 0 Å². The smallest absolute Gasteiger partial charge is 0.312 e. The fourth-order valence-corrected chi connectivity index (χ4v) is 1.33. The molecule has 0 N–H and O–H groups in total. The lowest BCUT2D eigenvalue weighted by Gasteiger charge is -2.31. The average Bonchev–Trinajstić information content (AvgIpc) is 2.40. The summed E-state index contributed by atoms with van der Waals surface area (Å²) in [7, 11) is 1.66. The molecule has 0 atom stereocenters. The quantitative estimate of drug-likeness (QED) is 0.714. The van der Waals surface area contributed by atoms with Gasteiger partial charge in [-0.1, -0.05) is 41.0 Å². The highest BCUT2D eigenvalue weighted by molar-refractivity contribution is 6.35. The molecular weight excluding hydrogens is 216 g/mol. The third-order valence-electron chi connectivity index (χ3n) is 2.30. The van der Waals surface area contributed by atoms with Crippen molar-refractivity contribution in [3.05, 3.63) is 0 Å². The van der Waals surface area contributed by atoms with Crippen LogP contribution in [0.25, 0.3) is 0 Å². The van der Waals surface area contributed by atoms with Crippen molar-refractivity contribution < 1.29 is 9.59 Å². The minimum absolute atomic E-state index is 0.345. The molecule has 0 aromatic carbocycles. The summed E-state index contributed by atoms with van der Waals surface area (Å²) in [5.41, 5.74) is 0. The summed E-state index contributed by atoms with van der Waals surface area (Å²) in [6.45, 7) is 12.1. The first-order valence-electron chi connectivity index (χ1n) is 6.71. The Morgan fingerprint density at radius 2 is 1.53 bits per heavy atom. The summed E-state index contributed by atoms with van der Waals surface area (Å²) in [5, 5.41) is 0. The average molecular weight is 244 g/mol. The number of piperazine rings is 1. The maximum atomic E-state index is 11.4. The second-order valence-electron chi connectivity index (χ2n) is 3.37. The second-order valence-corrected chi connectivity index (χ2v) is 3.37. The van der Waals surface area contributed by atoms with Gasteiger partial charge in [0, 0.05) is 26.7 Å². The maximum absolute atomic E-state index is 11.4. The second kappa shape index (κ2) is 11.4. The Morgan fingerprint density at radius 3 is 2.00 bits per heavy atom. The Balaban J connectivity index is 0. The number of unbranched alkanes of at least 4 members (excludes halogenated alkanes) is 1. The number of amides is 2. The first kappa shape index (κ1) is 18.3. The highest BCUT2D eigenvalue weighted by atomic mass is 16.2. The van der Waals surface area contributed by atoms with E-state index in [4.69, 9.17) is 0 Å². The lowest BCUT2D eigenvalue weighted by atomic mass is 10.2. The van der Waals surface area contributed by atoms with Crippen LogP contribution in [0.2, 0.25) is 0 Å². The molecule has 1 aliphatic heterocycles. The van der Waals surface area contributed by atoms with Crippen LogP contribution in [0, 0.1) is 0 Å². The van der Waals surface area contributed by atoms with Crippen molar-refractivity contribution in [2.24, 2.45) is 0 Å². The van der Waals surface area contributed by atoms with Gasteiger partial charge in [-0.3, -0.25) is 9.59 Å². The standard InChI is InChI=1S/C9H16N2O2.2C2H6/c1-3-4-5-11-7-6-10(2)8(12)9(11)13;2*1-2/h3-7H2,1-2H3;2*1-2H3. The summed E-state index contributed by atoms with van der Waals surface area (Å²) in [6, 6.07) is 0. The number of rotatable bonds is 3. The molecule has 1 aliphatic rings. The molecule has 0 unspecified atom stereocenters. The largest absolute Gasteiger partial charge is 0.336 e. The minimum Gasteiger partial charge on any atom is -0.336 e. The number of likely N-dealkylation sites (N-methyl/N-ethyl adjacent to an activating group) is 1. The molecule has 17 heavy (non-hydrogen) atoms. The molecule has 0 aromatic rings. The Bertz CT molecular complexity index is 215. The molecule has 0 spiro atoms. The van der Waals surface area contributed by atoms with Crippen LogP contribution in [-0.4, -0.2) is 48.3 Å². The number of carbonyl (C=O) groups is 2. The molecule has 1 saturated heterocycles. The number of hydrogen-bond donors (Lipinski definition) is 0. The van der Waals surface area contributed by atoms with Gasteiger partial charge >= 0.3 is 11.8 Å². The van der Waals surface area contributed by atoms with Crippen LogP contribution in [0.1, 0.15) is 47.5 Å². The molecule has 0 saturated carbocycles. The molecule has 0 aliphatic carbocycles. The Morgan fingerprint density at radius 1 is 1.00 bits per heavy atom. The first-order chi connectivity index (χ1) is 8.16. The van der Waals surface area contributed by atoms with Gasteiger partial charge in [-0.15, -0.1) is 0 Å². The molecule has 0 aromatic heterocycles. The van der Waals surface area contributed by atoms with Crippen LogP contribution in [-0.2, 0) is 9.59 Å². The molecule has 102 valence electrons. The lowest BCUT2D eigenvalue weighted by Crippen LogP contribution is -2.52. The highest BCUT2D eigenvalue weighted by Crippen LogP contribution is 2.04. The van der Waals surface area contributed by atoms with Crippen LogP contribution >= 0.6 is 0 Å². The van der Waals surface area contributed by atoms with Gasteiger partial charge in [0.05, 0.1) is 0 Å². The van der Waals surface area contributed by atoms with E-state index in [1.165, 1.54) is 4.90 Å². The van der Waals surface area contributed by atoms with E-state index in [0.717, 1.165) is 19.4 Å². The number of carbonyl (C=O) groups excluding carboxylic acids is 2. The minimum atomic E-state index is -0.373. The SMILES string of the molecule is CC.CC.CCCCN1CCN(C)C(=O)C1=O. The van der Waals surface area contributed by atoms with E-state index in [1.807, 2.05) is 27.7 Å². The van der Waals surface area contributed by atoms with Crippen molar-refractivity contribution in [3.63, 3.8) is 0 Å². The van der Waals surface area contributed by atoms with E-state index in [1.54, 1.807) is 11.9 Å². The van der Waals surface area contributed by atoms with Gasteiger partial charge < -0.3 is 9.80 Å². The normalized spacial score (nSPS) is 14.7. The van der Waals surface area contributed by atoms with Gasteiger partial charge in [0.25, 0.3) is 0 Å². The monoisotopic (exact) mass is 244 g/mol. The van der Waals surface area contributed by atoms with Gasteiger partial charge in [0.1, 0.15) is 0 Å². The molecule has 0 radical (unpaired) electrons. The summed E-state index contributed by atoms with van der Waals surface area (Å²) < 4.78 is 0. The first-order valence-corrected chi connectivity index (χ1v) is 6.71. The van der Waals surface area contributed by atoms with Crippen molar-refractivity contribution in [2.75, 3.05) is 26.7 Å². The van der Waals surface area contributed by atoms with Gasteiger partial charge in [-0.25, -0.2) is 0 Å². The molecule has 2 amide bonds. The third-order valence-corrected chi connectivity index (χ3v) is 2.30. The van der Waals surface area contributed by atoms with Crippen LogP contribution in [0.15, 0.2) is 0 Å². The fourth-order valence-electron chi connectivity index (χ4n) is 1.33. The molecule has 4 heteroatoms. The molecule has 1 heterocycles. The van der Waals surface area contributed by atoms with Gasteiger partial charge in [0.2, 0.25) is 0 Å². The highest BCUT2D eigenvalue weighted by Gasteiger charge is 2.29. The lowest BCUT2D eigenvalue weighted by molar-refractivity contribution is -0.154. The zero-order chi connectivity index (χ0) is 13.8. The van der Waals surface area contributed by atoms with Crippen molar-refractivity contribution in [1.82, 2.24) is 9.80 Å². The van der Waals surface area contributed by atoms with E-state index in [2.05, 4.69) is 6.92 Å². The Labute approximate surface area is 106 Å². The fraction of sp³-hybridized carbons (Fsp3) is 0.846.